The Hall–Kier alpha value is -9.56. The average Bonchev–Trinajstić information content (AvgIpc) is 4.28. The van der Waals surface area contributed by atoms with Gasteiger partial charge < -0.3 is 4.90 Å². The van der Waals surface area contributed by atoms with Crippen molar-refractivity contribution >= 4 is 17.1 Å². The van der Waals surface area contributed by atoms with E-state index in [1.54, 1.807) is 0 Å². The number of rotatable bonds is 9. The van der Waals surface area contributed by atoms with Crippen LogP contribution in [0.3, 0.4) is 0 Å². The van der Waals surface area contributed by atoms with Crippen molar-refractivity contribution in [1.82, 2.24) is 0 Å². The molecule has 0 atom stereocenters. The van der Waals surface area contributed by atoms with E-state index >= 15 is 0 Å². The van der Waals surface area contributed by atoms with Crippen molar-refractivity contribution in [3.63, 3.8) is 0 Å². The second kappa shape index (κ2) is 17.8. The molecule has 0 N–H and O–H groups in total. The molecule has 0 heterocycles. The van der Waals surface area contributed by atoms with Crippen LogP contribution in [-0.4, -0.2) is 0 Å². The van der Waals surface area contributed by atoms with Gasteiger partial charge in [-0.2, -0.15) is 0 Å². The monoisotopic (exact) mass is 993 g/mol. The normalized spacial score (nSPS) is 14.3. The highest BCUT2D eigenvalue weighted by molar-refractivity contribution is 5.93. The topological polar surface area (TPSA) is 3.24 Å². The van der Waals surface area contributed by atoms with Crippen LogP contribution in [0.25, 0.3) is 55.6 Å². The van der Waals surface area contributed by atoms with E-state index in [4.69, 9.17) is 0 Å². The highest BCUT2D eigenvalue weighted by atomic mass is 15.1. The van der Waals surface area contributed by atoms with Gasteiger partial charge in [-0.25, -0.2) is 0 Å². The van der Waals surface area contributed by atoms with Gasteiger partial charge in [0, 0.05) is 22.5 Å². The van der Waals surface area contributed by atoms with Crippen LogP contribution in [0.2, 0.25) is 0 Å². The average molecular weight is 994 g/mol. The van der Waals surface area contributed by atoms with Crippen molar-refractivity contribution in [2.24, 2.45) is 0 Å². The molecule has 12 aromatic rings. The molecule has 0 amide bonds. The van der Waals surface area contributed by atoms with E-state index in [9.17, 15) is 0 Å². The van der Waals surface area contributed by atoms with Gasteiger partial charge in [0.1, 0.15) is 0 Å². The SMILES string of the molecule is CC1(C)c2ccccc2-c2ccc(N(c3cccc(-c4ccc5c(c4)-c4ccccc4C5(c4ccccc4)c4ccccc4)c3)c3cccc(-c4ccc5c(c4)-c4ccccc4C5(c4ccccc4)c4ccccc4)c3)cc21. The molecule has 0 fully saturated rings. The third-order valence-electron chi connectivity index (χ3n) is 17.6. The number of benzene rings is 12. The maximum atomic E-state index is 2.48. The second-order valence-corrected chi connectivity index (χ2v) is 21.9. The molecular weight excluding hydrogens is 939 g/mol. The quantitative estimate of drug-likeness (QED) is 0.139. The number of fused-ring (bicyclic) bond motifs is 9. The first kappa shape index (κ1) is 45.8. The molecule has 78 heavy (non-hydrogen) atoms. The highest BCUT2D eigenvalue weighted by Crippen LogP contribution is 2.59. The van der Waals surface area contributed by atoms with E-state index in [-0.39, 0.29) is 5.41 Å². The molecule has 368 valence electrons. The third-order valence-corrected chi connectivity index (χ3v) is 17.6. The standard InChI is InChI=1S/C77H55N/c1-75(2)69-38-18-15-35-63(69)66-44-43-62(51-74(66)75)78(60-33-21-23-52(47-60)54-41-45-72-67(49-54)64-36-16-19-39-70(64)76(72,56-25-7-3-8-26-56)57-27-9-4-10-28-57)61-34-22-24-53(48-61)55-42-46-73-68(50-55)65-37-17-20-40-71(65)77(73,58-29-11-5-12-30-58)59-31-13-6-14-32-59/h3-51H,1-2H3. The lowest BCUT2D eigenvalue weighted by molar-refractivity contribution is 0.660. The minimum Gasteiger partial charge on any atom is -0.310 e. The first-order valence-electron chi connectivity index (χ1n) is 27.4. The van der Waals surface area contributed by atoms with E-state index in [1.807, 2.05) is 0 Å². The van der Waals surface area contributed by atoms with Gasteiger partial charge in [0.05, 0.1) is 10.8 Å². The fourth-order valence-electron chi connectivity index (χ4n) is 14.2. The number of hydrogen-bond donors (Lipinski definition) is 0. The summed E-state index contributed by atoms with van der Waals surface area (Å²) in [5.74, 6) is 0. The number of anilines is 3. The fraction of sp³-hybridized carbons (Fsp3) is 0.0649. The predicted octanol–water partition coefficient (Wildman–Crippen LogP) is 19.5. The molecule has 0 bridgehead atoms. The van der Waals surface area contributed by atoms with Crippen LogP contribution < -0.4 is 4.90 Å². The molecular formula is C77H55N. The zero-order chi connectivity index (χ0) is 52.0. The largest absolute Gasteiger partial charge is 0.310 e. The fourth-order valence-corrected chi connectivity index (χ4v) is 14.2. The maximum Gasteiger partial charge on any atom is 0.0713 e. The van der Waals surface area contributed by atoms with E-state index in [0.29, 0.717) is 0 Å². The minimum atomic E-state index is -0.452. The molecule has 0 saturated heterocycles. The summed E-state index contributed by atoms with van der Waals surface area (Å²) in [7, 11) is 0. The van der Waals surface area contributed by atoms with Crippen LogP contribution in [0.4, 0.5) is 17.1 Å². The Labute approximate surface area is 458 Å². The Morgan fingerprint density at radius 3 is 0.987 bits per heavy atom. The molecule has 0 radical (unpaired) electrons. The molecule has 0 saturated carbocycles. The molecule has 15 rings (SSSR count). The molecule has 0 spiro atoms. The van der Waals surface area contributed by atoms with Crippen LogP contribution in [-0.2, 0) is 16.2 Å². The van der Waals surface area contributed by atoms with Crippen LogP contribution in [0.5, 0.6) is 0 Å². The van der Waals surface area contributed by atoms with Gasteiger partial charge in [-0.05, 0) is 160 Å². The molecule has 0 aliphatic heterocycles. The van der Waals surface area contributed by atoms with E-state index < -0.39 is 10.8 Å². The summed E-state index contributed by atoms with van der Waals surface area (Å²) in [5, 5.41) is 0. The Bertz CT molecular complexity index is 3980. The van der Waals surface area contributed by atoms with E-state index in [1.165, 1.54) is 100 Å². The zero-order valence-electron chi connectivity index (χ0n) is 43.7. The van der Waals surface area contributed by atoms with E-state index in [0.717, 1.165) is 28.2 Å². The van der Waals surface area contributed by atoms with Gasteiger partial charge in [0.15, 0.2) is 0 Å². The smallest absolute Gasteiger partial charge is 0.0713 e. The molecule has 3 aliphatic rings. The summed E-state index contributed by atoms with van der Waals surface area (Å²) in [4.78, 5) is 2.48. The Morgan fingerprint density at radius 1 is 0.218 bits per heavy atom. The Morgan fingerprint density at radius 2 is 0.551 bits per heavy atom. The molecule has 3 aliphatic carbocycles. The second-order valence-electron chi connectivity index (χ2n) is 21.9. The summed E-state index contributed by atoms with van der Waals surface area (Å²) >= 11 is 0. The highest BCUT2D eigenvalue weighted by Gasteiger charge is 2.47. The molecule has 1 nitrogen and oxygen atoms in total. The zero-order valence-corrected chi connectivity index (χ0v) is 43.7. The Balaban J connectivity index is 0.884. The van der Waals surface area contributed by atoms with Crippen LogP contribution in [0.15, 0.2) is 297 Å². The molecule has 0 aromatic heterocycles. The van der Waals surface area contributed by atoms with Gasteiger partial charge in [-0.3, -0.25) is 0 Å². The van der Waals surface area contributed by atoms with Gasteiger partial charge in [0.2, 0.25) is 0 Å². The van der Waals surface area contributed by atoms with E-state index in [2.05, 4.69) is 316 Å². The van der Waals surface area contributed by atoms with Crippen molar-refractivity contribution in [3.8, 4) is 55.6 Å². The number of hydrogen-bond acceptors (Lipinski definition) is 1. The van der Waals surface area contributed by atoms with Crippen LogP contribution in [0, 0.1) is 0 Å². The first-order valence-corrected chi connectivity index (χ1v) is 27.4. The lowest BCUT2D eigenvalue weighted by Crippen LogP contribution is -2.28. The third kappa shape index (κ3) is 6.68. The van der Waals surface area contributed by atoms with Crippen molar-refractivity contribution < 1.29 is 0 Å². The summed E-state index contributed by atoms with van der Waals surface area (Å²) in [5.41, 5.74) is 27.7. The van der Waals surface area contributed by atoms with Crippen molar-refractivity contribution in [2.45, 2.75) is 30.1 Å². The number of nitrogens with zero attached hydrogens (tertiary/aromatic N) is 1. The van der Waals surface area contributed by atoms with Crippen LogP contribution >= 0.6 is 0 Å². The lowest BCUT2D eigenvalue weighted by atomic mass is 9.67. The summed E-state index contributed by atoms with van der Waals surface area (Å²) < 4.78 is 0. The Kier molecular flexibility index (Phi) is 10.4. The van der Waals surface area contributed by atoms with Gasteiger partial charge in [-0.15, -0.1) is 0 Å². The lowest BCUT2D eigenvalue weighted by Gasteiger charge is -2.34. The van der Waals surface area contributed by atoms with Crippen molar-refractivity contribution in [2.75, 3.05) is 4.90 Å². The van der Waals surface area contributed by atoms with Gasteiger partial charge in [0.25, 0.3) is 0 Å². The summed E-state index contributed by atoms with van der Waals surface area (Å²) in [6.45, 7) is 4.75. The van der Waals surface area contributed by atoms with Gasteiger partial charge in [-0.1, -0.05) is 263 Å². The first-order chi connectivity index (χ1) is 38.4. The molecule has 12 aromatic carbocycles. The van der Waals surface area contributed by atoms with Gasteiger partial charge >= 0.3 is 0 Å². The summed E-state index contributed by atoms with van der Waals surface area (Å²) in [6, 6.07) is 111. The molecule has 0 unspecified atom stereocenters. The van der Waals surface area contributed by atoms with Crippen LogP contribution in [0.1, 0.15) is 69.5 Å². The maximum absolute atomic E-state index is 2.48. The molecule has 1 heteroatoms. The minimum absolute atomic E-state index is 0.165. The predicted molar refractivity (Wildman–Crippen MR) is 324 cm³/mol. The van der Waals surface area contributed by atoms with Crippen molar-refractivity contribution in [1.29, 1.82) is 0 Å². The summed E-state index contributed by atoms with van der Waals surface area (Å²) in [6.07, 6.45) is 0. The van der Waals surface area contributed by atoms with Crippen molar-refractivity contribution in [3.05, 3.63) is 353 Å².